The van der Waals surface area contributed by atoms with Gasteiger partial charge in [0.15, 0.2) is 0 Å². The van der Waals surface area contributed by atoms with E-state index in [1.54, 1.807) is 62.4 Å². The average Bonchev–Trinajstić information content (AvgIpc) is 2.91. The molecule has 0 aromatic heterocycles. The van der Waals surface area contributed by atoms with E-state index < -0.39 is 28.5 Å². The van der Waals surface area contributed by atoms with Crippen LogP contribution in [-0.4, -0.2) is 44.3 Å². The van der Waals surface area contributed by atoms with E-state index in [1.165, 1.54) is 23.1 Å². The van der Waals surface area contributed by atoms with Crippen molar-refractivity contribution >= 4 is 50.7 Å². The van der Waals surface area contributed by atoms with Crippen LogP contribution in [0.4, 0.5) is 5.69 Å². The summed E-state index contributed by atoms with van der Waals surface area (Å²) >= 11 is 12.6. The van der Waals surface area contributed by atoms with Gasteiger partial charge in [-0.3, -0.25) is 13.9 Å². The monoisotopic (exact) mass is 589 g/mol. The molecule has 3 aromatic carbocycles. The van der Waals surface area contributed by atoms with E-state index in [0.29, 0.717) is 27.7 Å². The van der Waals surface area contributed by atoms with Crippen LogP contribution in [0.5, 0.6) is 0 Å². The van der Waals surface area contributed by atoms with Gasteiger partial charge in [-0.2, -0.15) is 0 Å². The Kier molecular flexibility index (Phi) is 10.4. The summed E-state index contributed by atoms with van der Waals surface area (Å²) in [5, 5.41) is 3.58. The van der Waals surface area contributed by atoms with Gasteiger partial charge in [-0.15, -0.1) is 0 Å². The van der Waals surface area contributed by atoms with Crippen molar-refractivity contribution in [3.8, 4) is 0 Å². The van der Waals surface area contributed by atoms with Crippen molar-refractivity contribution in [2.24, 2.45) is 0 Å². The Morgan fingerprint density at radius 3 is 2.28 bits per heavy atom. The molecule has 1 N–H and O–H groups in total. The van der Waals surface area contributed by atoms with E-state index in [4.69, 9.17) is 23.2 Å². The number of benzene rings is 3. The predicted octanol–water partition coefficient (Wildman–Crippen LogP) is 5.75. The maximum Gasteiger partial charge on any atom is 0.264 e. The summed E-state index contributed by atoms with van der Waals surface area (Å²) in [5.74, 6) is -0.909. The minimum absolute atomic E-state index is 0.0200. The van der Waals surface area contributed by atoms with Crippen LogP contribution in [0.2, 0.25) is 10.0 Å². The topological polar surface area (TPSA) is 86.8 Å². The van der Waals surface area contributed by atoms with Crippen molar-refractivity contribution in [2.45, 2.75) is 51.6 Å². The Bertz CT molecular complexity index is 1430. The lowest BCUT2D eigenvalue weighted by Crippen LogP contribution is -2.51. The fourth-order valence-electron chi connectivity index (χ4n) is 3.99. The Morgan fingerprint density at radius 2 is 1.64 bits per heavy atom. The largest absolute Gasteiger partial charge is 0.354 e. The van der Waals surface area contributed by atoms with Gasteiger partial charge in [0.25, 0.3) is 10.0 Å². The van der Waals surface area contributed by atoms with Crippen LogP contribution in [-0.2, 0) is 26.2 Å². The van der Waals surface area contributed by atoms with Gasteiger partial charge in [-0.25, -0.2) is 8.42 Å². The molecular formula is C29H33Cl2N3O4S. The number of sulfonamides is 1. The van der Waals surface area contributed by atoms with Gasteiger partial charge < -0.3 is 10.2 Å². The van der Waals surface area contributed by atoms with Crippen LogP contribution >= 0.6 is 23.2 Å². The molecule has 2 amide bonds. The number of anilines is 1. The second kappa shape index (κ2) is 13.3. The first-order valence-electron chi connectivity index (χ1n) is 12.6. The van der Waals surface area contributed by atoms with Crippen LogP contribution in [0, 0.1) is 13.8 Å². The zero-order valence-electron chi connectivity index (χ0n) is 22.4. The number of halogens is 2. The van der Waals surface area contributed by atoms with Gasteiger partial charge in [0.1, 0.15) is 12.6 Å². The van der Waals surface area contributed by atoms with Crippen LogP contribution in [0.25, 0.3) is 0 Å². The molecule has 0 aliphatic rings. The lowest BCUT2D eigenvalue weighted by atomic mass is 10.1. The molecule has 0 unspecified atom stereocenters. The van der Waals surface area contributed by atoms with Crippen molar-refractivity contribution in [1.82, 2.24) is 10.2 Å². The van der Waals surface area contributed by atoms with Gasteiger partial charge in [0.2, 0.25) is 11.8 Å². The maximum atomic E-state index is 14.0. The Balaban J connectivity index is 2.07. The molecule has 10 heteroatoms. The number of rotatable bonds is 11. The van der Waals surface area contributed by atoms with Crippen LogP contribution < -0.4 is 9.62 Å². The fourth-order valence-corrected chi connectivity index (χ4v) is 5.82. The summed E-state index contributed by atoms with van der Waals surface area (Å²) in [7, 11) is -4.18. The van der Waals surface area contributed by atoms with E-state index in [0.717, 1.165) is 16.3 Å². The number of nitrogens with zero attached hydrogens (tertiary/aromatic N) is 2. The van der Waals surface area contributed by atoms with E-state index in [9.17, 15) is 18.0 Å². The number of nitrogens with one attached hydrogen (secondary N) is 1. The molecular weight excluding hydrogens is 557 g/mol. The van der Waals surface area contributed by atoms with Crippen LogP contribution in [0.15, 0.2) is 71.6 Å². The molecule has 0 aliphatic heterocycles. The highest BCUT2D eigenvalue weighted by molar-refractivity contribution is 7.92. The summed E-state index contributed by atoms with van der Waals surface area (Å²) in [6.45, 7) is 7.07. The molecule has 0 saturated carbocycles. The first-order chi connectivity index (χ1) is 18.4. The highest BCUT2D eigenvalue weighted by Crippen LogP contribution is 2.30. The quantitative estimate of drug-likeness (QED) is 0.308. The number of carbonyl (C=O) groups is 2. The van der Waals surface area contributed by atoms with Gasteiger partial charge in [0.05, 0.1) is 10.6 Å². The van der Waals surface area contributed by atoms with Crippen molar-refractivity contribution in [2.75, 3.05) is 17.4 Å². The van der Waals surface area contributed by atoms with E-state index >= 15 is 0 Å². The number of amides is 2. The maximum absolute atomic E-state index is 14.0. The fraction of sp³-hybridized carbons (Fsp3) is 0.310. The van der Waals surface area contributed by atoms with Gasteiger partial charge in [0, 0.05) is 23.1 Å². The Hall–Kier alpha value is -3.07. The second-order valence-electron chi connectivity index (χ2n) is 9.34. The SMILES string of the molecule is CCCNC(=O)[C@@H](C)N(Cc1ccccc1Cl)C(=O)CN(c1cc(Cl)ccc1C)S(=O)(=O)c1ccc(C)cc1. The predicted molar refractivity (Wildman–Crippen MR) is 157 cm³/mol. The molecule has 0 spiro atoms. The standard InChI is InChI=1S/C29H33Cl2N3O4S/c1-5-16-32-29(36)22(4)33(18-23-8-6-7-9-26(23)31)28(35)19-34(27-17-24(30)13-12-21(27)3)39(37,38)25-14-10-20(2)11-15-25/h6-15,17,22H,5,16,18-19H2,1-4H3,(H,32,36)/t22-/m1/s1. The Labute approximate surface area is 240 Å². The number of hydrogen-bond donors (Lipinski definition) is 1. The first kappa shape index (κ1) is 30.5. The number of carbonyl (C=O) groups excluding carboxylic acids is 2. The third-order valence-electron chi connectivity index (χ3n) is 6.34. The summed E-state index contributed by atoms with van der Waals surface area (Å²) in [4.78, 5) is 28.3. The van der Waals surface area contributed by atoms with E-state index in [2.05, 4.69) is 5.32 Å². The molecule has 0 saturated heterocycles. The molecule has 0 fully saturated rings. The number of aryl methyl sites for hydroxylation is 2. The van der Waals surface area contributed by atoms with Crippen molar-refractivity contribution in [3.63, 3.8) is 0 Å². The highest BCUT2D eigenvalue weighted by Gasteiger charge is 2.33. The van der Waals surface area contributed by atoms with E-state index in [-0.39, 0.29) is 23.0 Å². The molecule has 208 valence electrons. The average molecular weight is 591 g/mol. The van der Waals surface area contributed by atoms with Crippen molar-refractivity contribution in [1.29, 1.82) is 0 Å². The molecule has 0 aliphatic carbocycles. The molecule has 3 aromatic rings. The van der Waals surface area contributed by atoms with Gasteiger partial charge in [-0.1, -0.05) is 72.1 Å². The second-order valence-corrected chi connectivity index (χ2v) is 12.0. The van der Waals surface area contributed by atoms with E-state index in [1.807, 2.05) is 13.8 Å². The lowest BCUT2D eigenvalue weighted by Gasteiger charge is -2.32. The third kappa shape index (κ3) is 7.53. The summed E-state index contributed by atoms with van der Waals surface area (Å²) in [6, 6.07) is 17.4. The third-order valence-corrected chi connectivity index (χ3v) is 8.72. The molecule has 7 nitrogen and oxygen atoms in total. The molecule has 1 atom stereocenters. The van der Waals surface area contributed by atoms with Crippen molar-refractivity contribution in [3.05, 3.63) is 93.5 Å². The first-order valence-corrected chi connectivity index (χ1v) is 14.8. The highest BCUT2D eigenvalue weighted by atomic mass is 35.5. The van der Waals surface area contributed by atoms with Crippen LogP contribution in [0.3, 0.4) is 0 Å². The summed E-state index contributed by atoms with van der Waals surface area (Å²) < 4.78 is 28.9. The molecule has 39 heavy (non-hydrogen) atoms. The molecule has 0 radical (unpaired) electrons. The minimum atomic E-state index is -4.18. The molecule has 0 bridgehead atoms. The Morgan fingerprint density at radius 1 is 0.974 bits per heavy atom. The van der Waals surface area contributed by atoms with Crippen LogP contribution in [0.1, 0.15) is 37.0 Å². The summed E-state index contributed by atoms with van der Waals surface area (Å²) in [6.07, 6.45) is 0.730. The smallest absolute Gasteiger partial charge is 0.264 e. The summed E-state index contributed by atoms with van der Waals surface area (Å²) in [5.41, 5.74) is 2.43. The molecule has 0 heterocycles. The van der Waals surface area contributed by atoms with Gasteiger partial charge >= 0.3 is 0 Å². The van der Waals surface area contributed by atoms with Crippen molar-refractivity contribution < 1.29 is 18.0 Å². The normalized spacial score (nSPS) is 12.1. The molecule has 3 rings (SSSR count). The van der Waals surface area contributed by atoms with Gasteiger partial charge in [-0.05, 0) is 68.7 Å². The number of hydrogen-bond acceptors (Lipinski definition) is 4. The zero-order chi connectivity index (χ0) is 28.7. The lowest BCUT2D eigenvalue weighted by molar-refractivity contribution is -0.139. The minimum Gasteiger partial charge on any atom is -0.354 e. The zero-order valence-corrected chi connectivity index (χ0v) is 24.8.